The Bertz CT molecular complexity index is 405. The Balaban J connectivity index is 3.06. The zero-order valence-corrected chi connectivity index (χ0v) is 11.0. The highest BCUT2D eigenvalue weighted by atomic mass is 16.3. The van der Waals surface area contributed by atoms with E-state index in [0.29, 0.717) is 12.1 Å². The van der Waals surface area contributed by atoms with Gasteiger partial charge in [0.2, 0.25) is 0 Å². The van der Waals surface area contributed by atoms with Crippen LogP contribution in [0.3, 0.4) is 0 Å². The van der Waals surface area contributed by atoms with E-state index < -0.39 is 0 Å². The summed E-state index contributed by atoms with van der Waals surface area (Å²) in [4.78, 5) is 11.8. The molecule has 0 saturated heterocycles. The monoisotopic (exact) mass is 235 g/mol. The molecule has 0 spiro atoms. The molecule has 1 aromatic carbocycles. The normalized spacial score (nSPS) is 11.3. The van der Waals surface area contributed by atoms with Crippen molar-refractivity contribution in [1.29, 1.82) is 0 Å². The summed E-state index contributed by atoms with van der Waals surface area (Å²) in [6, 6.07) is 5.31. The predicted molar refractivity (Wildman–Crippen MR) is 69.4 cm³/mol. The molecule has 0 aliphatic rings. The number of hydrogen-bond acceptors (Lipinski definition) is 2. The topological polar surface area (TPSA) is 49.3 Å². The summed E-state index contributed by atoms with van der Waals surface area (Å²) < 4.78 is 0. The lowest BCUT2D eigenvalue weighted by atomic mass is 9.85. The minimum atomic E-state index is -0.213. The number of carbonyl (C=O) groups is 1. The lowest BCUT2D eigenvalue weighted by Crippen LogP contribution is -2.24. The van der Waals surface area contributed by atoms with Crippen LogP contribution in [-0.4, -0.2) is 17.6 Å². The first-order valence-electron chi connectivity index (χ1n) is 5.98. The van der Waals surface area contributed by atoms with E-state index in [4.69, 9.17) is 0 Å². The molecule has 1 rings (SSSR count). The Morgan fingerprint density at radius 3 is 2.53 bits per heavy atom. The fourth-order valence-corrected chi connectivity index (χ4v) is 1.67. The molecule has 0 unspecified atom stereocenters. The minimum absolute atomic E-state index is 0.0913. The second kappa shape index (κ2) is 5.21. The van der Waals surface area contributed by atoms with Crippen LogP contribution in [0.1, 0.15) is 50.0 Å². The molecule has 3 heteroatoms. The molecule has 0 aliphatic heterocycles. The van der Waals surface area contributed by atoms with Crippen molar-refractivity contribution in [1.82, 2.24) is 5.32 Å². The quantitative estimate of drug-likeness (QED) is 0.846. The van der Waals surface area contributed by atoms with Crippen LogP contribution in [0.5, 0.6) is 5.75 Å². The number of phenolic OH excluding ortho intramolecular Hbond substituents is 1. The fourth-order valence-electron chi connectivity index (χ4n) is 1.67. The molecule has 17 heavy (non-hydrogen) atoms. The van der Waals surface area contributed by atoms with Crippen LogP contribution < -0.4 is 5.32 Å². The van der Waals surface area contributed by atoms with Crippen molar-refractivity contribution < 1.29 is 9.90 Å². The highest BCUT2D eigenvalue weighted by Gasteiger charge is 2.21. The average Bonchev–Trinajstić information content (AvgIpc) is 2.24. The van der Waals surface area contributed by atoms with E-state index in [1.807, 2.05) is 33.8 Å². The summed E-state index contributed by atoms with van der Waals surface area (Å²) in [5.74, 6) is -0.121. The van der Waals surface area contributed by atoms with Crippen molar-refractivity contribution in [3.05, 3.63) is 29.3 Å². The Kier molecular flexibility index (Phi) is 4.16. The number of phenols is 1. The third-order valence-corrected chi connectivity index (χ3v) is 2.62. The predicted octanol–water partition coefficient (Wildman–Crippen LogP) is 2.83. The van der Waals surface area contributed by atoms with Gasteiger partial charge in [-0.25, -0.2) is 0 Å². The Labute approximate surface area is 103 Å². The van der Waals surface area contributed by atoms with E-state index in [-0.39, 0.29) is 17.1 Å². The number of benzene rings is 1. The summed E-state index contributed by atoms with van der Waals surface area (Å²) in [5.41, 5.74) is 0.970. The maximum atomic E-state index is 11.8. The minimum Gasteiger partial charge on any atom is -0.507 e. The molecule has 2 N–H and O–H groups in total. The van der Waals surface area contributed by atoms with E-state index >= 15 is 0 Å². The molecule has 0 aliphatic carbocycles. The molecule has 0 saturated carbocycles. The SMILES string of the molecule is CCCNC(=O)c1cccc(C(C)(C)C)c1O. The lowest BCUT2D eigenvalue weighted by molar-refractivity contribution is 0.0950. The molecule has 3 nitrogen and oxygen atoms in total. The Morgan fingerprint density at radius 1 is 1.35 bits per heavy atom. The van der Waals surface area contributed by atoms with E-state index in [9.17, 15) is 9.90 Å². The van der Waals surface area contributed by atoms with Gasteiger partial charge in [-0.3, -0.25) is 4.79 Å². The number of amides is 1. The summed E-state index contributed by atoms with van der Waals surface area (Å²) in [7, 11) is 0. The fraction of sp³-hybridized carbons (Fsp3) is 0.500. The number of carbonyl (C=O) groups excluding carboxylic acids is 1. The molecule has 0 heterocycles. The van der Waals surface area contributed by atoms with Crippen molar-refractivity contribution >= 4 is 5.91 Å². The van der Waals surface area contributed by atoms with Gasteiger partial charge in [0, 0.05) is 12.1 Å². The highest BCUT2D eigenvalue weighted by molar-refractivity contribution is 5.97. The molecule has 94 valence electrons. The third-order valence-electron chi connectivity index (χ3n) is 2.62. The first-order valence-corrected chi connectivity index (χ1v) is 5.98. The maximum Gasteiger partial charge on any atom is 0.255 e. The van der Waals surface area contributed by atoms with Gasteiger partial charge in [0.1, 0.15) is 5.75 Å². The van der Waals surface area contributed by atoms with Gasteiger partial charge in [0.05, 0.1) is 5.56 Å². The second-order valence-corrected chi connectivity index (χ2v) is 5.21. The number of hydrogen-bond donors (Lipinski definition) is 2. The van der Waals surface area contributed by atoms with Crippen molar-refractivity contribution in [3.8, 4) is 5.75 Å². The maximum absolute atomic E-state index is 11.8. The Hall–Kier alpha value is -1.51. The summed E-state index contributed by atoms with van der Waals surface area (Å²) >= 11 is 0. The van der Waals surface area contributed by atoms with Crippen molar-refractivity contribution in [2.45, 2.75) is 39.5 Å². The molecule has 0 radical (unpaired) electrons. The highest BCUT2D eigenvalue weighted by Crippen LogP contribution is 2.32. The Morgan fingerprint density at radius 2 is 2.00 bits per heavy atom. The van der Waals surface area contributed by atoms with Crippen LogP contribution in [0.25, 0.3) is 0 Å². The molecule has 0 fully saturated rings. The van der Waals surface area contributed by atoms with Crippen molar-refractivity contribution in [3.63, 3.8) is 0 Å². The van der Waals surface area contributed by atoms with Gasteiger partial charge in [0.25, 0.3) is 5.91 Å². The summed E-state index contributed by atoms with van der Waals surface area (Å²) in [6.07, 6.45) is 0.880. The smallest absolute Gasteiger partial charge is 0.255 e. The third kappa shape index (κ3) is 3.22. The standard InChI is InChI=1S/C14H21NO2/c1-5-9-15-13(17)10-7-6-8-11(12(10)16)14(2,3)4/h6-8,16H,5,9H2,1-4H3,(H,15,17). The van der Waals surface area contributed by atoms with Gasteiger partial charge in [-0.1, -0.05) is 39.8 Å². The molecule has 1 amide bonds. The van der Waals surface area contributed by atoms with E-state index in [0.717, 1.165) is 12.0 Å². The van der Waals surface area contributed by atoms with Gasteiger partial charge in [-0.2, -0.15) is 0 Å². The van der Waals surface area contributed by atoms with E-state index in [1.165, 1.54) is 0 Å². The van der Waals surface area contributed by atoms with Gasteiger partial charge in [0.15, 0.2) is 0 Å². The first kappa shape index (κ1) is 13.6. The number of para-hydroxylation sites is 1. The van der Waals surface area contributed by atoms with Crippen LogP contribution in [0.2, 0.25) is 0 Å². The molecule has 1 aromatic rings. The van der Waals surface area contributed by atoms with Gasteiger partial charge in [-0.15, -0.1) is 0 Å². The zero-order valence-electron chi connectivity index (χ0n) is 11.0. The molecular formula is C14H21NO2. The average molecular weight is 235 g/mol. The van der Waals surface area contributed by atoms with Crippen LogP contribution in [0, 0.1) is 0 Å². The molecular weight excluding hydrogens is 214 g/mol. The number of rotatable bonds is 3. The van der Waals surface area contributed by atoms with Gasteiger partial charge < -0.3 is 10.4 Å². The first-order chi connectivity index (χ1) is 7.88. The zero-order chi connectivity index (χ0) is 13.1. The van der Waals surface area contributed by atoms with E-state index in [2.05, 4.69) is 5.32 Å². The largest absolute Gasteiger partial charge is 0.507 e. The number of nitrogens with one attached hydrogen (secondary N) is 1. The lowest BCUT2D eigenvalue weighted by Gasteiger charge is -2.21. The van der Waals surface area contributed by atoms with Crippen LogP contribution >= 0.6 is 0 Å². The molecule has 0 aromatic heterocycles. The van der Waals surface area contributed by atoms with Crippen LogP contribution in [0.4, 0.5) is 0 Å². The number of aromatic hydroxyl groups is 1. The van der Waals surface area contributed by atoms with Crippen LogP contribution in [0.15, 0.2) is 18.2 Å². The van der Waals surface area contributed by atoms with Crippen LogP contribution in [-0.2, 0) is 5.41 Å². The van der Waals surface area contributed by atoms with Crippen molar-refractivity contribution in [2.75, 3.05) is 6.54 Å². The molecule has 0 bridgehead atoms. The second-order valence-electron chi connectivity index (χ2n) is 5.21. The summed E-state index contributed by atoms with van der Waals surface area (Å²) in [5, 5.41) is 12.9. The van der Waals surface area contributed by atoms with Gasteiger partial charge >= 0.3 is 0 Å². The van der Waals surface area contributed by atoms with Gasteiger partial charge in [-0.05, 0) is 17.9 Å². The summed E-state index contributed by atoms with van der Waals surface area (Å²) in [6.45, 7) is 8.64. The van der Waals surface area contributed by atoms with E-state index in [1.54, 1.807) is 12.1 Å². The molecule has 0 atom stereocenters. The van der Waals surface area contributed by atoms with Crippen molar-refractivity contribution in [2.24, 2.45) is 0 Å².